The second-order valence-electron chi connectivity index (χ2n) is 7.56. The van der Waals surface area contributed by atoms with Crippen LogP contribution >= 0.6 is 22.7 Å². The second kappa shape index (κ2) is 12.7. The minimum absolute atomic E-state index is 0.0122. The number of aliphatic hydroxyl groups excluding tert-OH is 2. The summed E-state index contributed by atoms with van der Waals surface area (Å²) in [5.74, 6) is 1.02. The average Bonchev–Trinajstić information content (AvgIpc) is 3.53. The molecule has 1 aliphatic rings. The average molecular weight is 507 g/mol. The quantitative estimate of drug-likeness (QED) is 0.456. The maximum absolute atomic E-state index is 9.36. The highest BCUT2D eigenvalue weighted by Crippen LogP contribution is 2.30. The Kier molecular flexibility index (Phi) is 9.47. The molecule has 0 bridgehead atoms. The Balaban J connectivity index is 1.80. The molecule has 0 fully saturated rings. The third kappa shape index (κ3) is 7.19. The minimum atomic E-state index is 0.0122. The maximum atomic E-state index is 9.36. The number of ether oxygens (including phenoxy) is 1. The van der Waals surface area contributed by atoms with Gasteiger partial charge in [0.2, 0.25) is 0 Å². The molecule has 0 aliphatic carbocycles. The van der Waals surface area contributed by atoms with E-state index in [1.807, 2.05) is 84.6 Å². The number of nitriles is 2. The van der Waals surface area contributed by atoms with Gasteiger partial charge in [0.05, 0.1) is 23.2 Å². The van der Waals surface area contributed by atoms with Gasteiger partial charge in [-0.3, -0.25) is 0 Å². The fourth-order valence-corrected chi connectivity index (χ4v) is 4.92. The summed E-state index contributed by atoms with van der Waals surface area (Å²) in [6.07, 6.45) is 10.8. The molecule has 0 spiro atoms. The molecular weight excluding hydrogens is 480 g/mol. The summed E-state index contributed by atoms with van der Waals surface area (Å²) in [6, 6.07) is 11.8. The van der Waals surface area contributed by atoms with E-state index in [-0.39, 0.29) is 18.8 Å². The largest absolute Gasteiger partial charge is 0.457 e. The van der Waals surface area contributed by atoms with Crippen LogP contribution in [0.15, 0.2) is 71.2 Å². The monoisotopic (exact) mass is 506 g/mol. The van der Waals surface area contributed by atoms with Gasteiger partial charge in [-0.1, -0.05) is 0 Å². The predicted octanol–water partition coefficient (Wildman–Crippen LogP) is 4.53. The highest BCUT2D eigenvalue weighted by Gasteiger charge is 2.12. The van der Waals surface area contributed by atoms with Crippen molar-refractivity contribution in [1.82, 2.24) is 0 Å². The summed E-state index contributed by atoms with van der Waals surface area (Å²) >= 11 is 3.17. The van der Waals surface area contributed by atoms with E-state index in [0.717, 1.165) is 19.8 Å². The van der Waals surface area contributed by atoms with E-state index in [2.05, 4.69) is 0 Å². The molecule has 0 unspecified atom stereocenters. The van der Waals surface area contributed by atoms with Crippen molar-refractivity contribution in [2.75, 3.05) is 50.2 Å². The molecule has 7 nitrogen and oxygen atoms in total. The topological polar surface area (TPSA) is 104 Å². The van der Waals surface area contributed by atoms with Crippen LogP contribution in [-0.4, -0.2) is 50.6 Å². The van der Waals surface area contributed by atoms with E-state index >= 15 is 0 Å². The van der Waals surface area contributed by atoms with Gasteiger partial charge in [-0.05, 0) is 60.7 Å². The van der Waals surface area contributed by atoms with Crippen molar-refractivity contribution >= 4 is 44.8 Å². The standard InChI is InChI=1S/C26H26N4O3S2/c1-29(11-13-31)25-9-7-23(34-25)5-3-21-15-19(20(17-27)18-28)16-22(33-21)4-6-24-8-10-26(35-24)30(2)12-14-32/h3-10,15-16,31-32H,11-14H2,1-2H3. The van der Waals surface area contributed by atoms with Gasteiger partial charge in [0.25, 0.3) is 0 Å². The van der Waals surface area contributed by atoms with Crippen LogP contribution in [0.2, 0.25) is 0 Å². The van der Waals surface area contributed by atoms with Crippen molar-refractivity contribution in [3.63, 3.8) is 0 Å². The van der Waals surface area contributed by atoms with Crippen molar-refractivity contribution in [3.05, 3.63) is 81.0 Å². The van der Waals surface area contributed by atoms with Gasteiger partial charge in [-0.25, -0.2) is 0 Å². The zero-order chi connectivity index (χ0) is 25.2. The van der Waals surface area contributed by atoms with Gasteiger partial charge >= 0.3 is 0 Å². The number of hydrogen-bond acceptors (Lipinski definition) is 9. The number of nitrogens with zero attached hydrogens (tertiary/aromatic N) is 4. The Morgan fingerprint density at radius 1 is 0.829 bits per heavy atom. The van der Waals surface area contributed by atoms with Gasteiger partial charge in [0, 0.05) is 42.5 Å². The Morgan fingerprint density at radius 3 is 1.69 bits per heavy atom. The van der Waals surface area contributed by atoms with Gasteiger partial charge < -0.3 is 24.7 Å². The predicted molar refractivity (Wildman–Crippen MR) is 143 cm³/mol. The number of likely N-dealkylation sites (N-methyl/N-ethyl adjacent to an activating group) is 2. The number of hydrogen-bond donors (Lipinski definition) is 2. The SMILES string of the molecule is CN(CCO)c1ccc(C=CC2=CC(=C(C#N)C#N)C=C(C=Cc3ccc(N(C)CCO)s3)O2)s1. The first-order valence-electron chi connectivity index (χ1n) is 10.8. The molecular formula is C26H26N4O3S2. The summed E-state index contributed by atoms with van der Waals surface area (Å²) < 4.78 is 6.00. The lowest BCUT2D eigenvalue weighted by atomic mass is 10.1. The number of aliphatic hydroxyl groups is 2. The van der Waals surface area contributed by atoms with E-state index in [1.54, 1.807) is 34.8 Å². The molecule has 2 aromatic heterocycles. The van der Waals surface area contributed by atoms with Crippen LogP contribution in [0, 0.1) is 22.7 Å². The molecule has 1 aliphatic heterocycles. The lowest BCUT2D eigenvalue weighted by molar-refractivity contribution is 0.304. The van der Waals surface area contributed by atoms with Crippen LogP contribution in [0.5, 0.6) is 0 Å². The van der Waals surface area contributed by atoms with E-state index in [9.17, 15) is 10.5 Å². The molecule has 0 atom stereocenters. The van der Waals surface area contributed by atoms with E-state index in [4.69, 9.17) is 14.9 Å². The minimum Gasteiger partial charge on any atom is -0.457 e. The number of rotatable bonds is 10. The highest BCUT2D eigenvalue weighted by atomic mass is 32.1. The molecule has 35 heavy (non-hydrogen) atoms. The Morgan fingerprint density at radius 2 is 1.29 bits per heavy atom. The second-order valence-corrected chi connectivity index (χ2v) is 9.75. The number of anilines is 2. The smallest absolute Gasteiger partial charge is 0.137 e. The number of thiophene rings is 2. The van der Waals surface area contributed by atoms with Crippen molar-refractivity contribution in [2.45, 2.75) is 0 Å². The van der Waals surface area contributed by atoms with Crippen LogP contribution in [0.25, 0.3) is 12.2 Å². The van der Waals surface area contributed by atoms with Crippen molar-refractivity contribution in [2.24, 2.45) is 0 Å². The summed E-state index contributed by atoms with van der Waals surface area (Å²) in [7, 11) is 3.85. The fraction of sp³-hybridized carbons (Fsp3) is 0.231. The van der Waals surface area contributed by atoms with E-state index < -0.39 is 0 Å². The lowest BCUT2D eigenvalue weighted by Gasteiger charge is -2.14. The summed E-state index contributed by atoms with van der Waals surface area (Å²) in [5, 5.41) is 39.1. The third-order valence-electron chi connectivity index (χ3n) is 5.02. The van der Waals surface area contributed by atoms with Crippen molar-refractivity contribution < 1.29 is 14.9 Å². The molecule has 9 heteroatoms. The van der Waals surface area contributed by atoms with Crippen LogP contribution in [0.1, 0.15) is 9.75 Å². The molecule has 2 N–H and O–H groups in total. The number of allylic oxidation sites excluding steroid dienone is 6. The molecule has 0 radical (unpaired) electrons. The van der Waals surface area contributed by atoms with E-state index in [1.165, 1.54) is 0 Å². The highest BCUT2D eigenvalue weighted by molar-refractivity contribution is 7.17. The lowest BCUT2D eigenvalue weighted by Crippen LogP contribution is -2.19. The molecule has 180 valence electrons. The molecule has 2 aromatic rings. The summed E-state index contributed by atoms with van der Waals surface area (Å²) in [5.41, 5.74) is 0.503. The Hall–Kier alpha value is -3.60. The third-order valence-corrected chi connectivity index (χ3v) is 7.35. The molecule has 3 heterocycles. The van der Waals surface area contributed by atoms with Gasteiger partial charge in [0.1, 0.15) is 29.2 Å². The zero-order valence-electron chi connectivity index (χ0n) is 19.5. The Bertz CT molecular complexity index is 1170. The van der Waals surface area contributed by atoms with Crippen LogP contribution in [-0.2, 0) is 4.74 Å². The van der Waals surface area contributed by atoms with Crippen molar-refractivity contribution in [1.29, 1.82) is 10.5 Å². The van der Waals surface area contributed by atoms with Gasteiger partial charge in [-0.15, -0.1) is 22.7 Å². The normalized spacial score (nSPS) is 13.3. The van der Waals surface area contributed by atoms with Crippen molar-refractivity contribution in [3.8, 4) is 12.1 Å². The molecule has 3 rings (SSSR count). The summed E-state index contributed by atoms with van der Waals surface area (Å²) in [4.78, 5) is 5.97. The molecule has 0 aromatic carbocycles. The fourth-order valence-electron chi connectivity index (χ4n) is 3.13. The van der Waals surface area contributed by atoms with Crippen LogP contribution in [0.3, 0.4) is 0 Å². The van der Waals surface area contributed by atoms with Gasteiger partial charge in [-0.2, -0.15) is 10.5 Å². The van der Waals surface area contributed by atoms with Crippen LogP contribution < -0.4 is 9.80 Å². The molecule has 0 saturated heterocycles. The first kappa shape index (κ1) is 26.0. The summed E-state index contributed by atoms with van der Waals surface area (Å²) in [6.45, 7) is 1.29. The first-order valence-corrected chi connectivity index (χ1v) is 12.5. The first-order chi connectivity index (χ1) is 17.0. The van der Waals surface area contributed by atoms with Crippen LogP contribution in [0.4, 0.5) is 10.0 Å². The van der Waals surface area contributed by atoms with E-state index in [0.29, 0.717) is 30.2 Å². The van der Waals surface area contributed by atoms with Gasteiger partial charge in [0.15, 0.2) is 0 Å². The maximum Gasteiger partial charge on any atom is 0.137 e. The Labute approximate surface area is 213 Å². The molecule has 0 amide bonds. The molecule has 0 saturated carbocycles. The zero-order valence-corrected chi connectivity index (χ0v) is 21.1.